The fraction of sp³-hybridized carbons (Fsp3) is 0.786. The summed E-state index contributed by atoms with van der Waals surface area (Å²) in [6, 6.07) is 0.689. The number of likely N-dealkylation sites (N-methyl/N-ethyl adjacent to an activating group) is 1. The minimum atomic E-state index is 0.689. The third-order valence-electron chi connectivity index (χ3n) is 4.56. The first kappa shape index (κ1) is 12.2. The van der Waals surface area contributed by atoms with Gasteiger partial charge in [0, 0.05) is 44.7 Å². The van der Waals surface area contributed by atoms with Crippen LogP contribution in [0.25, 0.3) is 0 Å². The number of hydrogen-bond donors (Lipinski definition) is 1. The van der Waals surface area contributed by atoms with Crippen molar-refractivity contribution < 1.29 is 0 Å². The monoisotopic (exact) mass is 248 g/mol. The molecule has 1 atom stereocenters. The first-order valence-corrected chi connectivity index (χ1v) is 7.20. The van der Waals surface area contributed by atoms with Crippen LogP contribution in [-0.4, -0.2) is 40.6 Å². The smallest absolute Gasteiger partial charge is 0.110 e. The molecule has 2 aliphatic heterocycles. The molecule has 0 aromatic carbocycles. The van der Waals surface area contributed by atoms with E-state index >= 15 is 0 Å². The summed E-state index contributed by atoms with van der Waals surface area (Å²) in [6.07, 6.45) is 6.29. The van der Waals surface area contributed by atoms with Crippen LogP contribution in [0, 0.1) is 0 Å². The van der Waals surface area contributed by atoms with Crippen LogP contribution in [0.2, 0.25) is 0 Å². The van der Waals surface area contributed by atoms with Gasteiger partial charge in [0.15, 0.2) is 0 Å². The second kappa shape index (κ2) is 5.02. The molecule has 2 aliphatic rings. The van der Waals surface area contributed by atoms with E-state index in [0.29, 0.717) is 6.04 Å². The van der Waals surface area contributed by atoms with E-state index in [1.807, 2.05) is 0 Å². The molecule has 1 aromatic rings. The summed E-state index contributed by atoms with van der Waals surface area (Å²) in [6.45, 7) is 3.29. The van der Waals surface area contributed by atoms with Crippen molar-refractivity contribution in [3.8, 4) is 0 Å². The summed E-state index contributed by atoms with van der Waals surface area (Å²) in [7, 11) is 4.45. The molecule has 0 aliphatic carbocycles. The zero-order valence-electron chi connectivity index (χ0n) is 11.6. The SMILES string of the molecule is CN1CCCCC1Cc1nc2c(n1C)CCNC2. The second-order valence-corrected chi connectivity index (χ2v) is 5.74. The molecule has 1 saturated heterocycles. The van der Waals surface area contributed by atoms with Gasteiger partial charge in [-0.15, -0.1) is 0 Å². The van der Waals surface area contributed by atoms with E-state index in [-0.39, 0.29) is 0 Å². The molecule has 4 nitrogen and oxygen atoms in total. The van der Waals surface area contributed by atoms with Crippen LogP contribution < -0.4 is 5.32 Å². The summed E-state index contributed by atoms with van der Waals surface area (Å²) < 4.78 is 2.35. The average Bonchev–Trinajstić information content (AvgIpc) is 2.70. The molecule has 0 amide bonds. The Morgan fingerprint density at radius 1 is 1.33 bits per heavy atom. The number of nitrogens with zero attached hydrogens (tertiary/aromatic N) is 3. The van der Waals surface area contributed by atoms with Crippen molar-refractivity contribution in [2.45, 2.75) is 44.7 Å². The van der Waals surface area contributed by atoms with Gasteiger partial charge in [0.05, 0.1) is 5.69 Å². The van der Waals surface area contributed by atoms with Crippen LogP contribution in [0.3, 0.4) is 0 Å². The Bertz CT molecular complexity index is 424. The highest BCUT2D eigenvalue weighted by Crippen LogP contribution is 2.21. The van der Waals surface area contributed by atoms with Crippen LogP contribution in [-0.2, 0) is 26.4 Å². The molecule has 3 heterocycles. The lowest BCUT2D eigenvalue weighted by Gasteiger charge is -2.32. The highest BCUT2D eigenvalue weighted by molar-refractivity contribution is 5.20. The van der Waals surface area contributed by atoms with Gasteiger partial charge < -0.3 is 14.8 Å². The zero-order valence-corrected chi connectivity index (χ0v) is 11.6. The van der Waals surface area contributed by atoms with Gasteiger partial charge in [-0.2, -0.15) is 0 Å². The van der Waals surface area contributed by atoms with E-state index in [9.17, 15) is 0 Å². The fourth-order valence-corrected chi connectivity index (χ4v) is 3.31. The van der Waals surface area contributed by atoms with E-state index in [1.165, 1.54) is 43.0 Å². The normalized spacial score (nSPS) is 25.1. The minimum absolute atomic E-state index is 0.689. The third-order valence-corrected chi connectivity index (χ3v) is 4.56. The number of hydrogen-bond acceptors (Lipinski definition) is 3. The third kappa shape index (κ3) is 2.19. The topological polar surface area (TPSA) is 33.1 Å². The van der Waals surface area contributed by atoms with E-state index in [2.05, 4.69) is 28.9 Å². The van der Waals surface area contributed by atoms with E-state index < -0.39 is 0 Å². The summed E-state index contributed by atoms with van der Waals surface area (Å²) >= 11 is 0. The van der Waals surface area contributed by atoms with Gasteiger partial charge in [-0.05, 0) is 26.4 Å². The molecule has 1 unspecified atom stereocenters. The van der Waals surface area contributed by atoms with Crippen molar-refractivity contribution in [3.05, 3.63) is 17.2 Å². The highest BCUT2D eigenvalue weighted by Gasteiger charge is 2.23. The van der Waals surface area contributed by atoms with Crippen LogP contribution >= 0.6 is 0 Å². The largest absolute Gasteiger partial charge is 0.335 e. The molecule has 1 fully saturated rings. The quantitative estimate of drug-likeness (QED) is 0.850. The van der Waals surface area contributed by atoms with Gasteiger partial charge in [-0.3, -0.25) is 0 Å². The lowest BCUT2D eigenvalue weighted by molar-refractivity contribution is 0.182. The van der Waals surface area contributed by atoms with Gasteiger partial charge in [0.2, 0.25) is 0 Å². The first-order chi connectivity index (χ1) is 8.75. The van der Waals surface area contributed by atoms with Crippen molar-refractivity contribution in [3.63, 3.8) is 0 Å². The van der Waals surface area contributed by atoms with E-state index in [4.69, 9.17) is 4.98 Å². The molecule has 1 aromatic heterocycles. The van der Waals surface area contributed by atoms with Crippen LogP contribution in [0.1, 0.15) is 36.5 Å². The molecule has 0 radical (unpaired) electrons. The Kier molecular flexibility index (Phi) is 3.39. The molecule has 100 valence electrons. The summed E-state index contributed by atoms with van der Waals surface area (Å²) in [5, 5.41) is 3.41. The maximum absolute atomic E-state index is 4.85. The number of rotatable bonds is 2. The Labute approximate surface area is 109 Å². The summed E-state index contributed by atoms with van der Waals surface area (Å²) in [5.41, 5.74) is 2.72. The Morgan fingerprint density at radius 3 is 3.00 bits per heavy atom. The van der Waals surface area contributed by atoms with E-state index in [1.54, 1.807) is 0 Å². The first-order valence-electron chi connectivity index (χ1n) is 7.20. The van der Waals surface area contributed by atoms with Crippen molar-refractivity contribution in [2.24, 2.45) is 7.05 Å². The molecule has 4 heteroatoms. The number of likely N-dealkylation sites (tertiary alicyclic amines) is 1. The number of nitrogens with one attached hydrogen (secondary N) is 1. The Hall–Kier alpha value is -0.870. The highest BCUT2D eigenvalue weighted by atomic mass is 15.2. The van der Waals surface area contributed by atoms with Crippen LogP contribution in [0.15, 0.2) is 0 Å². The Morgan fingerprint density at radius 2 is 2.22 bits per heavy atom. The molecule has 1 N–H and O–H groups in total. The maximum atomic E-state index is 4.85. The van der Waals surface area contributed by atoms with Gasteiger partial charge in [0.25, 0.3) is 0 Å². The Balaban J connectivity index is 1.78. The fourth-order valence-electron chi connectivity index (χ4n) is 3.31. The van der Waals surface area contributed by atoms with Crippen LogP contribution in [0.4, 0.5) is 0 Å². The molecule has 18 heavy (non-hydrogen) atoms. The number of piperidine rings is 1. The lowest BCUT2D eigenvalue weighted by Crippen LogP contribution is -2.38. The van der Waals surface area contributed by atoms with Gasteiger partial charge in [-0.25, -0.2) is 4.98 Å². The van der Waals surface area contributed by atoms with Gasteiger partial charge in [-0.1, -0.05) is 6.42 Å². The standard InChI is InChI=1S/C14H24N4/c1-17-8-4-3-5-11(17)9-14-16-12-10-15-7-6-13(12)18(14)2/h11,15H,3-10H2,1-2H3. The molecule has 3 rings (SSSR count). The predicted molar refractivity (Wildman–Crippen MR) is 72.6 cm³/mol. The molecule has 0 saturated carbocycles. The number of fused-ring (bicyclic) bond motifs is 1. The molecule has 0 spiro atoms. The predicted octanol–water partition coefficient (Wildman–Crippen LogP) is 1.09. The summed E-state index contributed by atoms with van der Waals surface area (Å²) in [4.78, 5) is 7.36. The van der Waals surface area contributed by atoms with Crippen molar-refractivity contribution in [1.82, 2.24) is 19.8 Å². The van der Waals surface area contributed by atoms with Gasteiger partial charge >= 0.3 is 0 Å². The van der Waals surface area contributed by atoms with Crippen molar-refractivity contribution in [2.75, 3.05) is 20.1 Å². The van der Waals surface area contributed by atoms with Gasteiger partial charge in [0.1, 0.15) is 5.82 Å². The average molecular weight is 248 g/mol. The minimum Gasteiger partial charge on any atom is -0.335 e. The van der Waals surface area contributed by atoms with Crippen LogP contribution in [0.5, 0.6) is 0 Å². The van der Waals surface area contributed by atoms with E-state index in [0.717, 1.165) is 25.9 Å². The zero-order chi connectivity index (χ0) is 12.5. The molecular formula is C14H24N4. The second-order valence-electron chi connectivity index (χ2n) is 5.74. The number of imidazole rings is 1. The maximum Gasteiger partial charge on any atom is 0.110 e. The van der Waals surface area contributed by atoms with Crippen molar-refractivity contribution >= 4 is 0 Å². The number of aromatic nitrogens is 2. The molecule has 0 bridgehead atoms. The lowest BCUT2D eigenvalue weighted by atomic mass is 10.00. The summed E-state index contributed by atoms with van der Waals surface area (Å²) in [5.74, 6) is 1.28. The van der Waals surface area contributed by atoms with Crippen molar-refractivity contribution in [1.29, 1.82) is 0 Å². The molecular weight excluding hydrogens is 224 g/mol.